The molecule has 1 N–H and O–H groups in total. The highest BCUT2D eigenvalue weighted by atomic mass is 19.1. The molecule has 2 rings (SSSR count). The van der Waals surface area contributed by atoms with Gasteiger partial charge in [-0.1, -0.05) is 0 Å². The van der Waals surface area contributed by atoms with Gasteiger partial charge in [-0.25, -0.2) is 4.39 Å². The fraction of sp³-hybridized carbons (Fsp3) is 0.250. The molecule has 0 radical (unpaired) electrons. The molecule has 0 unspecified atom stereocenters. The van der Waals surface area contributed by atoms with Crippen molar-refractivity contribution in [2.24, 2.45) is 0 Å². The van der Waals surface area contributed by atoms with Crippen molar-refractivity contribution in [2.45, 2.75) is 13.8 Å². The molecule has 1 aromatic carbocycles. The number of halogens is 1. The Morgan fingerprint density at radius 2 is 1.81 bits per heavy atom. The molecule has 1 amide bonds. The van der Waals surface area contributed by atoms with Crippen LogP contribution in [0.3, 0.4) is 0 Å². The van der Waals surface area contributed by atoms with E-state index in [1.165, 1.54) is 12.1 Å². The second-order valence-electron chi connectivity index (χ2n) is 4.57. The highest BCUT2D eigenvalue weighted by Crippen LogP contribution is 2.17. The van der Waals surface area contributed by atoms with Gasteiger partial charge in [0, 0.05) is 25.0 Å². The summed E-state index contributed by atoms with van der Waals surface area (Å²) in [4.78, 5) is 18.1. The van der Waals surface area contributed by atoms with Crippen LogP contribution in [-0.2, 0) is 0 Å². The van der Waals surface area contributed by atoms with Crippen LogP contribution in [0.4, 0.5) is 15.8 Å². The molecular formula is C16H18FN3O. The number of aromatic nitrogens is 1. The van der Waals surface area contributed by atoms with E-state index in [1.54, 1.807) is 35.5 Å². The summed E-state index contributed by atoms with van der Waals surface area (Å²) in [5.74, 6) is -0.334. The van der Waals surface area contributed by atoms with E-state index in [-0.39, 0.29) is 11.7 Å². The van der Waals surface area contributed by atoms with Crippen LogP contribution in [-0.4, -0.2) is 28.9 Å². The summed E-state index contributed by atoms with van der Waals surface area (Å²) in [7, 11) is 0. The van der Waals surface area contributed by atoms with Crippen molar-refractivity contribution in [1.82, 2.24) is 9.88 Å². The number of anilines is 2. The van der Waals surface area contributed by atoms with Gasteiger partial charge in [-0.3, -0.25) is 9.78 Å². The summed E-state index contributed by atoms with van der Waals surface area (Å²) in [5, 5.41) is 3.10. The molecule has 0 aliphatic heterocycles. The molecular weight excluding hydrogens is 269 g/mol. The van der Waals surface area contributed by atoms with Gasteiger partial charge in [0.1, 0.15) is 5.82 Å². The van der Waals surface area contributed by atoms with Gasteiger partial charge in [-0.05, 0) is 44.2 Å². The second kappa shape index (κ2) is 6.83. The minimum Gasteiger partial charge on any atom is -0.354 e. The predicted octanol–water partition coefficient (Wildman–Crippen LogP) is 3.45. The number of benzene rings is 1. The van der Waals surface area contributed by atoms with E-state index >= 15 is 0 Å². The zero-order chi connectivity index (χ0) is 15.2. The Balaban J connectivity index is 2.17. The van der Waals surface area contributed by atoms with E-state index < -0.39 is 0 Å². The third kappa shape index (κ3) is 3.78. The van der Waals surface area contributed by atoms with E-state index in [4.69, 9.17) is 0 Å². The molecule has 1 aromatic heterocycles. The molecule has 1 heterocycles. The average Bonchev–Trinajstić information content (AvgIpc) is 2.51. The first-order valence-electron chi connectivity index (χ1n) is 6.91. The normalized spacial score (nSPS) is 10.2. The number of hydrogen-bond acceptors (Lipinski definition) is 3. The van der Waals surface area contributed by atoms with Crippen molar-refractivity contribution >= 4 is 17.3 Å². The number of carbonyl (C=O) groups excluding carboxylic acids is 1. The Morgan fingerprint density at radius 1 is 1.14 bits per heavy atom. The molecule has 0 bridgehead atoms. The van der Waals surface area contributed by atoms with Gasteiger partial charge in [0.15, 0.2) is 0 Å². The van der Waals surface area contributed by atoms with E-state index in [9.17, 15) is 9.18 Å². The lowest BCUT2D eigenvalue weighted by Crippen LogP contribution is -2.30. The van der Waals surface area contributed by atoms with Gasteiger partial charge >= 0.3 is 0 Å². The highest BCUT2D eigenvalue weighted by molar-refractivity contribution is 5.94. The van der Waals surface area contributed by atoms with E-state index in [2.05, 4.69) is 10.3 Å². The SMILES string of the molecule is CCN(CC)C(=O)c1cncc(Nc2ccc(F)cc2)c1. The molecule has 0 atom stereocenters. The van der Waals surface area contributed by atoms with Gasteiger partial charge < -0.3 is 10.2 Å². The largest absolute Gasteiger partial charge is 0.354 e. The van der Waals surface area contributed by atoms with E-state index in [0.717, 1.165) is 5.69 Å². The summed E-state index contributed by atoms with van der Waals surface area (Å²) in [6.45, 7) is 5.20. The molecule has 0 aliphatic carbocycles. The molecule has 110 valence electrons. The number of nitrogens with zero attached hydrogens (tertiary/aromatic N) is 2. The lowest BCUT2D eigenvalue weighted by molar-refractivity contribution is 0.0772. The van der Waals surface area contributed by atoms with Crippen molar-refractivity contribution in [1.29, 1.82) is 0 Å². The van der Waals surface area contributed by atoms with Crippen molar-refractivity contribution in [3.05, 3.63) is 54.1 Å². The first-order chi connectivity index (χ1) is 10.1. The molecule has 0 saturated heterocycles. The molecule has 0 spiro atoms. The number of amides is 1. The first kappa shape index (κ1) is 15.0. The van der Waals surface area contributed by atoms with Crippen molar-refractivity contribution in [2.75, 3.05) is 18.4 Å². The van der Waals surface area contributed by atoms with Crippen LogP contribution in [0.5, 0.6) is 0 Å². The molecule has 2 aromatic rings. The number of rotatable bonds is 5. The van der Waals surface area contributed by atoms with Crippen LogP contribution in [0.2, 0.25) is 0 Å². The molecule has 21 heavy (non-hydrogen) atoms. The van der Waals surface area contributed by atoms with Crippen molar-refractivity contribution in [3.63, 3.8) is 0 Å². The van der Waals surface area contributed by atoms with E-state index in [1.807, 2.05) is 13.8 Å². The molecule has 0 saturated carbocycles. The minimum absolute atomic E-state index is 0.0461. The molecule has 0 aliphatic rings. The third-order valence-electron chi connectivity index (χ3n) is 3.17. The van der Waals surface area contributed by atoms with Gasteiger partial charge in [0.25, 0.3) is 5.91 Å². The molecule has 0 fully saturated rings. The minimum atomic E-state index is -0.288. The predicted molar refractivity (Wildman–Crippen MR) is 81.2 cm³/mol. The van der Waals surface area contributed by atoms with Crippen LogP contribution in [0.15, 0.2) is 42.7 Å². The Kier molecular flexibility index (Phi) is 4.87. The fourth-order valence-electron chi connectivity index (χ4n) is 2.02. The first-order valence-corrected chi connectivity index (χ1v) is 6.91. The Labute approximate surface area is 123 Å². The van der Waals surface area contributed by atoms with Crippen LogP contribution in [0.25, 0.3) is 0 Å². The monoisotopic (exact) mass is 287 g/mol. The summed E-state index contributed by atoms with van der Waals surface area (Å²) >= 11 is 0. The lowest BCUT2D eigenvalue weighted by Gasteiger charge is -2.18. The maximum absolute atomic E-state index is 12.9. The standard InChI is InChI=1S/C16H18FN3O/c1-3-20(4-2)16(21)12-9-15(11-18-10-12)19-14-7-5-13(17)6-8-14/h5-11,19H,3-4H2,1-2H3. The Morgan fingerprint density at radius 3 is 2.43 bits per heavy atom. The maximum atomic E-state index is 12.9. The topological polar surface area (TPSA) is 45.2 Å². The summed E-state index contributed by atoms with van der Waals surface area (Å²) < 4.78 is 12.9. The summed E-state index contributed by atoms with van der Waals surface area (Å²) in [6, 6.07) is 7.76. The Bertz CT molecular complexity index is 609. The Hall–Kier alpha value is -2.43. The maximum Gasteiger partial charge on any atom is 0.255 e. The van der Waals surface area contributed by atoms with Gasteiger partial charge in [0.05, 0.1) is 17.4 Å². The summed E-state index contributed by atoms with van der Waals surface area (Å²) in [5.41, 5.74) is 1.97. The number of pyridine rings is 1. The van der Waals surface area contributed by atoms with E-state index in [0.29, 0.717) is 24.3 Å². The van der Waals surface area contributed by atoms with Gasteiger partial charge in [-0.2, -0.15) is 0 Å². The fourth-order valence-corrected chi connectivity index (χ4v) is 2.02. The van der Waals surface area contributed by atoms with Crippen LogP contribution < -0.4 is 5.32 Å². The zero-order valence-electron chi connectivity index (χ0n) is 12.1. The van der Waals surface area contributed by atoms with Crippen molar-refractivity contribution < 1.29 is 9.18 Å². The average molecular weight is 287 g/mol. The lowest BCUT2D eigenvalue weighted by atomic mass is 10.2. The molecule has 4 nitrogen and oxygen atoms in total. The number of hydrogen-bond donors (Lipinski definition) is 1. The van der Waals surface area contributed by atoms with Gasteiger partial charge in [-0.15, -0.1) is 0 Å². The van der Waals surface area contributed by atoms with Crippen LogP contribution >= 0.6 is 0 Å². The number of carbonyl (C=O) groups is 1. The third-order valence-corrected chi connectivity index (χ3v) is 3.17. The van der Waals surface area contributed by atoms with Crippen molar-refractivity contribution in [3.8, 4) is 0 Å². The molecule has 5 heteroatoms. The highest BCUT2D eigenvalue weighted by Gasteiger charge is 2.13. The van der Waals surface area contributed by atoms with Gasteiger partial charge in [0.2, 0.25) is 0 Å². The van der Waals surface area contributed by atoms with Crippen LogP contribution in [0.1, 0.15) is 24.2 Å². The number of nitrogens with one attached hydrogen (secondary N) is 1. The van der Waals surface area contributed by atoms with Crippen LogP contribution in [0, 0.1) is 5.82 Å². The zero-order valence-corrected chi connectivity index (χ0v) is 12.1. The summed E-state index contributed by atoms with van der Waals surface area (Å²) in [6.07, 6.45) is 3.18. The smallest absolute Gasteiger partial charge is 0.255 e. The quantitative estimate of drug-likeness (QED) is 0.916. The second-order valence-corrected chi connectivity index (χ2v) is 4.57.